The van der Waals surface area contributed by atoms with Gasteiger partial charge in [-0.3, -0.25) is 0 Å². The Morgan fingerprint density at radius 3 is 2.64 bits per heavy atom. The Morgan fingerprint density at radius 2 is 2.00 bits per heavy atom. The molecule has 0 atom stereocenters. The summed E-state index contributed by atoms with van der Waals surface area (Å²) >= 11 is 5.65. The van der Waals surface area contributed by atoms with E-state index in [9.17, 15) is 21.6 Å². The van der Waals surface area contributed by atoms with Crippen LogP contribution in [0.1, 0.15) is 12.5 Å². The topological polar surface area (TPSA) is 73.1 Å². The first kappa shape index (κ1) is 17.7. The lowest BCUT2D eigenvalue weighted by Gasteiger charge is -2.07. The summed E-state index contributed by atoms with van der Waals surface area (Å²) in [7, 11) is -3.62. The molecular weight excluding hydrogens is 381 g/mol. The van der Waals surface area contributed by atoms with Crippen LogP contribution in [0.4, 0.5) is 13.2 Å². The Labute approximate surface area is 145 Å². The van der Waals surface area contributed by atoms with Crippen molar-refractivity contribution in [2.45, 2.75) is 18.0 Å². The summed E-state index contributed by atoms with van der Waals surface area (Å²) in [5.74, 6) is -0.367. The highest BCUT2D eigenvalue weighted by Gasteiger charge is 2.34. The van der Waals surface area contributed by atoms with Gasteiger partial charge in [0.2, 0.25) is 5.89 Å². The molecule has 0 N–H and O–H groups in total. The SMILES string of the molecule is CCS(=O)(=O)c1cccnc1-c1nc2cc(C(F)(F)F)c(Cl)cc2o1. The molecule has 0 amide bonds. The zero-order valence-electron chi connectivity index (χ0n) is 12.6. The lowest BCUT2D eigenvalue weighted by Crippen LogP contribution is -2.06. The second-order valence-corrected chi connectivity index (χ2v) is 7.72. The van der Waals surface area contributed by atoms with Gasteiger partial charge in [-0.15, -0.1) is 0 Å². The number of rotatable bonds is 3. The van der Waals surface area contributed by atoms with Crippen LogP contribution in [0.2, 0.25) is 5.02 Å². The van der Waals surface area contributed by atoms with Crippen molar-refractivity contribution < 1.29 is 26.0 Å². The molecule has 3 aromatic rings. The maximum absolute atomic E-state index is 12.9. The number of aromatic nitrogens is 2. The summed E-state index contributed by atoms with van der Waals surface area (Å²) in [5, 5.41) is -0.537. The van der Waals surface area contributed by atoms with Gasteiger partial charge in [0.05, 0.1) is 21.2 Å². The van der Waals surface area contributed by atoms with E-state index in [0.717, 1.165) is 12.1 Å². The zero-order valence-corrected chi connectivity index (χ0v) is 14.2. The minimum atomic E-state index is -4.65. The maximum Gasteiger partial charge on any atom is 0.417 e. The number of fused-ring (bicyclic) bond motifs is 1. The first-order valence-electron chi connectivity index (χ1n) is 6.99. The summed E-state index contributed by atoms with van der Waals surface area (Å²) in [6, 6.07) is 4.52. The second kappa shape index (κ2) is 5.99. The molecule has 0 spiro atoms. The van der Waals surface area contributed by atoms with Crippen molar-refractivity contribution in [2.75, 3.05) is 5.75 Å². The molecule has 3 rings (SSSR count). The standard InChI is InChI=1S/C15H10ClF3N2O3S/c1-2-25(22,23)12-4-3-5-20-13(12)14-21-10-6-8(15(17,18)19)9(16)7-11(10)24-14/h3-7H,2H2,1H3. The van der Waals surface area contributed by atoms with Crippen LogP contribution < -0.4 is 0 Å². The monoisotopic (exact) mass is 390 g/mol. The smallest absolute Gasteiger partial charge is 0.417 e. The van der Waals surface area contributed by atoms with Gasteiger partial charge in [0.25, 0.3) is 0 Å². The molecule has 0 radical (unpaired) electrons. The molecule has 0 aliphatic rings. The van der Waals surface area contributed by atoms with E-state index in [1.807, 2.05) is 0 Å². The third-order valence-corrected chi connectivity index (χ3v) is 5.54. The van der Waals surface area contributed by atoms with Crippen LogP contribution in [0, 0.1) is 0 Å². The predicted octanol–water partition coefficient (Wildman–Crippen LogP) is 4.36. The number of hydrogen-bond donors (Lipinski definition) is 0. The van der Waals surface area contributed by atoms with Crippen LogP contribution in [-0.2, 0) is 16.0 Å². The first-order valence-corrected chi connectivity index (χ1v) is 9.02. The zero-order chi connectivity index (χ0) is 18.4. The molecule has 0 bridgehead atoms. The summed E-state index contributed by atoms with van der Waals surface area (Å²) in [4.78, 5) is 7.81. The number of oxazole rings is 1. The van der Waals surface area contributed by atoms with Crippen molar-refractivity contribution in [1.29, 1.82) is 0 Å². The highest BCUT2D eigenvalue weighted by atomic mass is 35.5. The van der Waals surface area contributed by atoms with Gasteiger partial charge in [-0.25, -0.2) is 18.4 Å². The van der Waals surface area contributed by atoms with Crippen LogP contribution in [0.25, 0.3) is 22.7 Å². The summed E-state index contributed by atoms with van der Waals surface area (Å²) < 4.78 is 68.5. The average molecular weight is 391 g/mol. The molecule has 132 valence electrons. The van der Waals surface area contributed by atoms with Gasteiger partial charge < -0.3 is 4.42 Å². The number of benzene rings is 1. The van der Waals surface area contributed by atoms with Crippen molar-refractivity contribution in [3.8, 4) is 11.6 Å². The van der Waals surface area contributed by atoms with E-state index in [0.29, 0.717) is 0 Å². The van der Waals surface area contributed by atoms with Crippen LogP contribution in [-0.4, -0.2) is 24.1 Å². The van der Waals surface area contributed by atoms with Crippen molar-refractivity contribution in [1.82, 2.24) is 9.97 Å². The molecule has 1 aromatic carbocycles. The van der Waals surface area contributed by atoms with Crippen LogP contribution in [0.15, 0.2) is 39.8 Å². The molecule has 2 heterocycles. The van der Waals surface area contributed by atoms with E-state index >= 15 is 0 Å². The van der Waals surface area contributed by atoms with Crippen molar-refractivity contribution in [2.24, 2.45) is 0 Å². The maximum atomic E-state index is 12.9. The van der Waals surface area contributed by atoms with Gasteiger partial charge in [0.1, 0.15) is 11.2 Å². The van der Waals surface area contributed by atoms with Crippen LogP contribution in [0.5, 0.6) is 0 Å². The molecule has 5 nitrogen and oxygen atoms in total. The van der Waals surface area contributed by atoms with Crippen molar-refractivity contribution in [3.63, 3.8) is 0 Å². The Bertz CT molecular complexity index is 1060. The quantitative estimate of drug-likeness (QED) is 0.664. The Hall–Kier alpha value is -2.13. The molecule has 25 heavy (non-hydrogen) atoms. The summed E-state index contributed by atoms with van der Waals surface area (Å²) in [5.41, 5.74) is -1.22. The lowest BCUT2D eigenvalue weighted by atomic mass is 10.2. The predicted molar refractivity (Wildman–Crippen MR) is 85.0 cm³/mol. The Balaban J connectivity index is 2.23. The normalized spacial score (nSPS) is 12.7. The van der Waals surface area contributed by atoms with E-state index < -0.39 is 26.6 Å². The number of alkyl halides is 3. The number of halogens is 4. The van der Waals surface area contributed by atoms with Gasteiger partial charge in [0, 0.05) is 12.3 Å². The third-order valence-electron chi connectivity index (χ3n) is 3.47. The lowest BCUT2D eigenvalue weighted by molar-refractivity contribution is -0.137. The minimum Gasteiger partial charge on any atom is -0.435 e. The number of sulfone groups is 1. The number of hydrogen-bond acceptors (Lipinski definition) is 5. The number of pyridine rings is 1. The first-order chi connectivity index (χ1) is 11.6. The Morgan fingerprint density at radius 1 is 1.28 bits per heavy atom. The highest BCUT2D eigenvalue weighted by Crippen LogP contribution is 2.38. The molecular formula is C15H10ClF3N2O3S. The second-order valence-electron chi connectivity index (χ2n) is 5.07. The molecule has 0 saturated heterocycles. The van der Waals surface area contributed by atoms with Crippen LogP contribution in [0.3, 0.4) is 0 Å². The fraction of sp³-hybridized carbons (Fsp3) is 0.200. The number of nitrogens with zero attached hydrogens (tertiary/aromatic N) is 2. The van der Waals surface area contributed by atoms with E-state index in [1.54, 1.807) is 0 Å². The average Bonchev–Trinajstić information content (AvgIpc) is 2.96. The van der Waals surface area contributed by atoms with Gasteiger partial charge in [-0.1, -0.05) is 18.5 Å². The van der Waals surface area contributed by atoms with Gasteiger partial charge in [0.15, 0.2) is 15.4 Å². The van der Waals surface area contributed by atoms with Crippen LogP contribution >= 0.6 is 11.6 Å². The van der Waals surface area contributed by atoms with Gasteiger partial charge in [-0.2, -0.15) is 13.2 Å². The fourth-order valence-corrected chi connectivity index (χ4v) is 3.52. The van der Waals surface area contributed by atoms with Crippen molar-refractivity contribution in [3.05, 3.63) is 41.0 Å². The molecule has 10 heteroatoms. The Kier molecular flexibility index (Phi) is 4.24. The van der Waals surface area contributed by atoms with Gasteiger partial charge in [-0.05, 0) is 18.2 Å². The molecule has 2 aromatic heterocycles. The molecule has 0 saturated carbocycles. The van der Waals surface area contributed by atoms with E-state index in [1.165, 1.54) is 25.3 Å². The highest BCUT2D eigenvalue weighted by molar-refractivity contribution is 7.91. The van der Waals surface area contributed by atoms with Gasteiger partial charge >= 0.3 is 6.18 Å². The minimum absolute atomic E-state index is 0.00139. The molecule has 0 fully saturated rings. The molecule has 0 unspecified atom stereocenters. The van der Waals surface area contributed by atoms with E-state index in [4.69, 9.17) is 16.0 Å². The largest absolute Gasteiger partial charge is 0.435 e. The van der Waals surface area contributed by atoms with Crippen molar-refractivity contribution >= 4 is 32.5 Å². The molecule has 0 aliphatic heterocycles. The summed E-state index contributed by atoms with van der Waals surface area (Å²) in [6.07, 6.45) is -3.31. The summed E-state index contributed by atoms with van der Waals surface area (Å²) in [6.45, 7) is 1.47. The molecule has 0 aliphatic carbocycles. The van der Waals surface area contributed by atoms with E-state index in [-0.39, 0.29) is 33.3 Å². The third kappa shape index (κ3) is 3.21. The fourth-order valence-electron chi connectivity index (χ4n) is 2.23. The van der Waals surface area contributed by atoms with E-state index in [2.05, 4.69) is 9.97 Å².